The van der Waals surface area contributed by atoms with Crippen molar-refractivity contribution in [1.82, 2.24) is 0 Å². The summed E-state index contributed by atoms with van der Waals surface area (Å²) in [5.41, 5.74) is -0.530. The first-order valence-electron chi connectivity index (χ1n) is 3.97. The molecule has 0 atom stereocenters. The maximum absolute atomic E-state index is 13.1. The Bertz CT molecular complexity index is 324. The van der Waals surface area contributed by atoms with Crippen LogP contribution in [0.3, 0.4) is 0 Å². The van der Waals surface area contributed by atoms with Gasteiger partial charge >= 0.3 is 0 Å². The first kappa shape index (κ1) is 10.1. The van der Waals surface area contributed by atoms with Gasteiger partial charge in [0.15, 0.2) is 11.6 Å². The molecule has 0 aromatic heterocycles. The fraction of sp³-hybridized carbons (Fsp3) is 0.400. The number of halogens is 3. The van der Waals surface area contributed by atoms with Crippen molar-refractivity contribution < 1.29 is 13.2 Å². The predicted molar refractivity (Wildman–Crippen MR) is 45.0 cm³/mol. The monoisotopic (exact) mass is 188 g/mol. The van der Waals surface area contributed by atoms with Gasteiger partial charge in [0.2, 0.25) is 0 Å². The number of rotatable bonds is 0. The lowest BCUT2D eigenvalue weighted by Crippen LogP contribution is -2.15. The Labute approximate surface area is 75.4 Å². The Morgan fingerprint density at radius 1 is 1.00 bits per heavy atom. The van der Waals surface area contributed by atoms with Crippen molar-refractivity contribution in [2.45, 2.75) is 26.2 Å². The molecule has 0 aliphatic carbocycles. The third-order valence-electron chi connectivity index (χ3n) is 1.80. The average molecular weight is 188 g/mol. The van der Waals surface area contributed by atoms with E-state index in [2.05, 4.69) is 0 Å². The molecule has 0 saturated heterocycles. The molecule has 0 spiro atoms. The lowest BCUT2D eigenvalue weighted by Gasteiger charge is -2.19. The van der Waals surface area contributed by atoms with Gasteiger partial charge in [-0.3, -0.25) is 0 Å². The van der Waals surface area contributed by atoms with E-state index in [0.717, 1.165) is 6.07 Å². The Morgan fingerprint density at radius 2 is 1.54 bits per heavy atom. The fourth-order valence-electron chi connectivity index (χ4n) is 1.10. The van der Waals surface area contributed by atoms with Crippen LogP contribution in [-0.2, 0) is 5.41 Å². The molecule has 3 heteroatoms. The van der Waals surface area contributed by atoms with Crippen molar-refractivity contribution in [2.24, 2.45) is 0 Å². The highest BCUT2D eigenvalue weighted by molar-refractivity contribution is 5.26. The van der Waals surface area contributed by atoms with Crippen LogP contribution in [-0.4, -0.2) is 0 Å². The largest absolute Gasteiger partial charge is 0.207 e. The van der Waals surface area contributed by atoms with E-state index < -0.39 is 22.9 Å². The van der Waals surface area contributed by atoms with Crippen LogP contribution in [0.15, 0.2) is 12.1 Å². The molecule has 72 valence electrons. The number of hydrogen-bond acceptors (Lipinski definition) is 0. The Balaban J connectivity index is 3.37. The molecule has 0 nitrogen and oxygen atoms in total. The van der Waals surface area contributed by atoms with Crippen LogP contribution in [0, 0.1) is 17.5 Å². The van der Waals surface area contributed by atoms with Crippen LogP contribution in [0.4, 0.5) is 13.2 Å². The van der Waals surface area contributed by atoms with Crippen LogP contribution in [0.25, 0.3) is 0 Å². The van der Waals surface area contributed by atoms with E-state index in [9.17, 15) is 13.2 Å². The van der Waals surface area contributed by atoms with Gasteiger partial charge in [0.25, 0.3) is 0 Å². The molecular formula is C10H11F3. The van der Waals surface area contributed by atoms with Gasteiger partial charge in [-0.1, -0.05) is 20.8 Å². The third-order valence-corrected chi connectivity index (χ3v) is 1.80. The summed E-state index contributed by atoms with van der Waals surface area (Å²) in [6.07, 6.45) is 0. The Hall–Kier alpha value is -0.990. The van der Waals surface area contributed by atoms with Gasteiger partial charge < -0.3 is 0 Å². The topological polar surface area (TPSA) is 0 Å². The molecule has 1 aromatic rings. The van der Waals surface area contributed by atoms with E-state index in [1.165, 1.54) is 0 Å². The summed E-state index contributed by atoms with van der Waals surface area (Å²) in [4.78, 5) is 0. The maximum atomic E-state index is 13.1. The van der Waals surface area contributed by atoms with E-state index in [4.69, 9.17) is 0 Å². The van der Waals surface area contributed by atoms with Crippen molar-refractivity contribution in [3.05, 3.63) is 35.1 Å². The standard InChI is InChI=1S/C10H11F3/c1-10(2,3)7-4-6(11)5-8(12)9(7)13/h4-5H,1-3H3. The van der Waals surface area contributed by atoms with Crippen LogP contribution >= 0.6 is 0 Å². The summed E-state index contributed by atoms with van der Waals surface area (Å²) >= 11 is 0. The van der Waals surface area contributed by atoms with Gasteiger partial charge in [-0.25, -0.2) is 13.2 Å². The highest BCUT2D eigenvalue weighted by atomic mass is 19.2. The van der Waals surface area contributed by atoms with Crippen molar-refractivity contribution in [3.8, 4) is 0 Å². The van der Waals surface area contributed by atoms with Crippen molar-refractivity contribution in [2.75, 3.05) is 0 Å². The second-order valence-electron chi connectivity index (χ2n) is 4.00. The summed E-state index contributed by atoms with van der Waals surface area (Å²) in [5.74, 6) is -2.84. The summed E-state index contributed by atoms with van der Waals surface area (Å²) in [7, 11) is 0. The Kier molecular flexibility index (Phi) is 2.37. The zero-order chi connectivity index (χ0) is 10.2. The minimum absolute atomic E-state index is 0.0602. The molecule has 0 unspecified atom stereocenters. The fourth-order valence-corrected chi connectivity index (χ4v) is 1.10. The second kappa shape index (κ2) is 3.05. The Morgan fingerprint density at radius 3 is 2.00 bits per heavy atom. The molecule has 0 saturated carbocycles. The van der Waals surface area contributed by atoms with Gasteiger partial charge in [-0.05, 0) is 17.0 Å². The smallest absolute Gasteiger partial charge is 0.162 e. The highest BCUT2D eigenvalue weighted by Crippen LogP contribution is 2.27. The number of hydrogen-bond donors (Lipinski definition) is 0. The van der Waals surface area contributed by atoms with Crippen molar-refractivity contribution in [1.29, 1.82) is 0 Å². The SMILES string of the molecule is CC(C)(C)c1cc(F)cc(F)c1F. The molecule has 0 N–H and O–H groups in total. The van der Waals surface area contributed by atoms with Gasteiger partial charge in [-0.2, -0.15) is 0 Å². The van der Waals surface area contributed by atoms with Gasteiger partial charge in [-0.15, -0.1) is 0 Å². The third kappa shape index (κ3) is 2.02. The van der Waals surface area contributed by atoms with Crippen LogP contribution in [0.1, 0.15) is 26.3 Å². The molecule has 0 radical (unpaired) electrons. The molecule has 0 amide bonds. The highest BCUT2D eigenvalue weighted by Gasteiger charge is 2.21. The molecule has 1 aromatic carbocycles. The minimum atomic E-state index is -1.13. The van der Waals surface area contributed by atoms with Gasteiger partial charge in [0, 0.05) is 6.07 Å². The summed E-state index contributed by atoms with van der Waals surface area (Å²) in [6.45, 7) is 5.10. The predicted octanol–water partition coefficient (Wildman–Crippen LogP) is 3.40. The summed E-state index contributed by atoms with van der Waals surface area (Å²) in [6, 6.07) is 1.57. The van der Waals surface area contributed by atoms with Crippen LogP contribution in [0.2, 0.25) is 0 Å². The van der Waals surface area contributed by atoms with E-state index in [0.29, 0.717) is 6.07 Å². The van der Waals surface area contributed by atoms with Crippen molar-refractivity contribution in [3.63, 3.8) is 0 Å². The molecule has 0 bridgehead atoms. The molecule has 1 rings (SSSR count). The van der Waals surface area contributed by atoms with Gasteiger partial charge in [0.05, 0.1) is 0 Å². The van der Waals surface area contributed by atoms with Crippen LogP contribution in [0.5, 0.6) is 0 Å². The van der Waals surface area contributed by atoms with Gasteiger partial charge in [0.1, 0.15) is 5.82 Å². The molecule has 0 fully saturated rings. The summed E-state index contributed by atoms with van der Waals surface area (Å²) < 4.78 is 38.6. The lowest BCUT2D eigenvalue weighted by atomic mass is 9.86. The molecule has 0 aliphatic heterocycles. The lowest BCUT2D eigenvalue weighted by molar-refractivity contribution is 0.452. The van der Waals surface area contributed by atoms with E-state index in [-0.39, 0.29) is 5.56 Å². The normalized spacial score (nSPS) is 11.8. The molecule has 13 heavy (non-hydrogen) atoms. The quantitative estimate of drug-likeness (QED) is 0.547. The first-order valence-corrected chi connectivity index (χ1v) is 3.97. The van der Waals surface area contributed by atoms with Crippen LogP contribution < -0.4 is 0 Å². The second-order valence-corrected chi connectivity index (χ2v) is 4.00. The van der Waals surface area contributed by atoms with Crippen molar-refractivity contribution >= 4 is 0 Å². The first-order chi connectivity index (χ1) is 5.82. The zero-order valence-corrected chi connectivity index (χ0v) is 7.79. The number of benzene rings is 1. The molecule has 0 heterocycles. The van der Waals surface area contributed by atoms with E-state index >= 15 is 0 Å². The van der Waals surface area contributed by atoms with E-state index in [1.807, 2.05) is 0 Å². The summed E-state index contributed by atoms with van der Waals surface area (Å²) in [5, 5.41) is 0. The average Bonchev–Trinajstić information content (AvgIpc) is 1.94. The molecular weight excluding hydrogens is 177 g/mol. The zero-order valence-electron chi connectivity index (χ0n) is 7.79. The minimum Gasteiger partial charge on any atom is -0.207 e. The molecule has 0 aliphatic rings. The maximum Gasteiger partial charge on any atom is 0.162 e. The van der Waals surface area contributed by atoms with E-state index in [1.54, 1.807) is 20.8 Å².